The molecule has 3 fully saturated rings. The molecule has 3 atom stereocenters. The summed E-state index contributed by atoms with van der Waals surface area (Å²) in [6, 6.07) is 51.8. The Bertz CT molecular complexity index is 3830. The molecule has 17 heteroatoms. The van der Waals surface area contributed by atoms with Crippen LogP contribution in [0.5, 0.6) is 0 Å². The zero-order chi connectivity index (χ0) is 61.3. The monoisotopic (exact) mass is 1180 g/mol. The molecule has 0 saturated carbocycles. The molecule has 2 aliphatic carbocycles. The molecule has 0 radical (unpaired) electrons. The van der Waals surface area contributed by atoms with Crippen molar-refractivity contribution in [3.8, 4) is 22.5 Å². The number of amides is 4. The second-order valence-electron chi connectivity index (χ2n) is 23.7. The number of likely N-dealkylation sites (tertiary alicyclic amines) is 3. The van der Waals surface area contributed by atoms with Gasteiger partial charge < -0.3 is 31.0 Å². The third-order valence-electron chi connectivity index (χ3n) is 16.6. The third-order valence-corrected chi connectivity index (χ3v) is 16.6. The number of anilines is 2. The van der Waals surface area contributed by atoms with Gasteiger partial charge in [0.1, 0.15) is 24.9 Å². The summed E-state index contributed by atoms with van der Waals surface area (Å²) in [5, 5.41) is 18.5. The van der Waals surface area contributed by atoms with Gasteiger partial charge in [-0.25, -0.2) is 14.4 Å². The summed E-state index contributed by atoms with van der Waals surface area (Å²) < 4.78 is 16.7. The maximum Gasteiger partial charge on any atom is 0.410 e. The highest BCUT2D eigenvalue weighted by molar-refractivity contribution is 5.98. The van der Waals surface area contributed by atoms with Gasteiger partial charge in [-0.2, -0.15) is 10.2 Å². The molecule has 0 unspecified atom stereocenters. The lowest BCUT2D eigenvalue weighted by molar-refractivity contribution is -0.120. The Labute approximate surface area is 513 Å². The van der Waals surface area contributed by atoms with Gasteiger partial charge in [-0.15, -0.1) is 0 Å². The SMILES string of the molecule is CC(C)(C)OC(=O)N1CCC[C@H]1C(=O)Nc1ccc2c(c1)C=C(c1ccc(-c3cc([C@@H]4CCCN4C(=O)OCc4ccccc4)[nH]n3)cc1)C2.CN.Nc1ccc2c(c1)C=C(c1ccc(-c3cc([C@@H]4CCCN4C(=O)OCc4ccccc4)[nH]n3)cc1)C2. The van der Waals surface area contributed by atoms with Crippen molar-refractivity contribution in [3.05, 3.63) is 214 Å². The minimum absolute atomic E-state index is 0.0524. The van der Waals surface area contributed by atoms with E-state index in [1.807, 2.05) is 112 Å². The van der Waals surface area contributed by atoms with Gasteiger partial charge in [0, 0.05) is 42.1 Å². The number of nitrogens with two attached hydrogens (primary N) is 2. The predicted octanol–water partition coefficient (Wildman–Crippen LogP) is 13.8. The molecule has 2 aromatic heterocycles. The molecule has 17 nitrogen and oxygen atoms in total. The van der Waals surface area contributed by atoms with E-state index >= 15 is 0 Å². The first-order valence-electron chi connectivity index (χ1n) is 30.3. The van der Waals surface area contributed by atoms with Crippen LogP contribution >= 0.6 is 0 Å². The smallest absolute Gasteiger partial charge is 0.410 e. The predicted molar refractivity (Wildman–Crippen MR) is 344 cm³/mol. The lowest BCUT2D eigenvalue weighted by Crippen LogP contribution is -2.45. The van der Waals surface area contributed by atoms with E-state index in [0.29, 0.717) is 31.7 Å². The summed E-state index contributed by atoms with van der Waals surface area (Å²) in [4.78, 5) is 56.8. The first kappa shape index (κ1) is 60.0. The normalized spacial score (nSPS) is 17.4. The molecule has 4 amide bonds. The fraction of sp³-hybridized carbons (Fsp3) is 0.296. The van der Waals surface area contributed by atoms with Gasteiger partial charge in [0.15, 0.2) is 0 Å². The van der Waals surface area contributed by atoms with Gasteiger partial charge in [0.2, 0.25) is 5.91 Å². The van der Waals surface area contributed by atoms with Gasteiger partial charge in [0.25, 0.3) is 0 Å². The Morgan fingerprint density at radius 3 is 1.50 bits per heavy atom. The maximum absolute atomic E-state index is 13.2. The highest BCUT2D eigenvalue weighted by atomic mass is 16.6. The van der Waals surface area contributed by atoms with Crippen LogP contribution in [0.1, 0.15) is 127 Å². The number of ether oxygens (including phenoxy) is 3. The lowest BCUT2D eigenvalue weighted by Gasteiger charge is -2.28. The van der Waals surface area contributed by atoms with Crippen LogP contribution in [-0.2, 0) is 45.1 Å². The van der Waals surface area contributed by atoms with E-state index in [1.54, 1.807) is 9.80 Å². The Hall–Kier alpha value is -9.74. The van der Waals surface area contributed by atoms with Crippen LogP contribution in [0.25, 0.3) is 45.8 Å². The Morgan fingerprint density at radius 1 is 0.545 bits per heavy atom. The molecule has 5 heterocycles. The van der Waals surface area contributed by atoms with E-state index in [-0.39, 0.29) is 43.4 Å². The van der Waals surface area contributed by atoms with Gasteiger partial charge >= 0.3 is 18.3 Å². The molecular weight excluding hydrogens is 1100 g/mol. The first-order chi connectivity index (χ1) is 42.7. The van der Waals surface area contributed by atoms with E-state index in [1.165, 1.54) is 45.3 Å². The Morgan fingerprint density at radius 2 is 1.00 bits per heavy atom. The molecular formula is C71H76N10O7. The molecule has 8 aromatic rings. The Kier molecular flexibility index (Phi) is 18.3. The standard InChI is InChI=1S/C40H43N5O5.C30H28N4O2.CH5N/c1-40(2,3)50-39(48)45-20-8-12-36(45)37(46)41-32-18-17-29-21-30(22-31(29)23-32)27-13-15-28(16-14-27)33-24-34(43-42-33)35-11-7-19-44(35)38(47)49-25-26-9-5-4-6-10-26;31-26-13-12-23-15-24(16-25(23)17-26)21-8-10-22(11-9-21)27-18-28(33-32-27)29-7-4-14-34(29)30(35)36-19-20-5-2-1-3-6-20;1-2/h4-6,9-10,13-18,22-24,35-36H,7-8,11-12,19-21,25H2,1-3H3,(H,41,46)(H,42,43);1-3,5-6,8-13,16-18,29H,4,7,14-15,19,31H2,(H,32,33);2H2,1H3/t35-,36-;29-;/m00./s1. The average molecular weight is 1180 g/mol. The fourth-order valence-corrected chi connectivity index (χ4v) is 12.2. The number of rotatable bonds is 12. The van der Waals surface area contributed by atoms with Crippen LogP contribution in [0.4, 0.5) is 25.8 Å². The minimum atomic E-state index is -0.618. The summed E-state index contributed by atoms with van der Waals surface area (Å²) in [6.07, 6.45) is 10.0. The summed E-state index contributed by atoms with van der Waals surface area (Å²) in [5.74, 6) is -0.198. The Balaban J connectivity index is 0.000000186. The highest BCUT2D eigenvalue weighted by Gasteiger charge is 2.38. The largest absolute Gasteiger partial charge is 0.445 e. The van der Waals surface area contributed by atoms with Gasteiger partial charge in [0.05, 0.1) is 34.9 Å². The van der Waals surface area contributed by atoms with Gasteiger partial charge in [-0.3, -0.25) is 29.7 Å². The summed E-state index contributed by atoms with van der Waals surface area (Å²) >= 11 is 0. The maximum atomic E-state index is 13.2. The second-order valence-corrected chi connectivity index (χ2v) is 23.7. The van der Waals surface area contributed by atoms with Crippen LogP contribution in [0, 0.1) is 0 Å². The van der Waals surface area contributed by atoms with Crippen molar-refractivity contribution >= 4 is 58.9 Å². The van der Waals surface area contributed by atoms with Crippen molar-refractivity contribution in [1.29, 1.82) is 0 Å². The van der Waals surface area contributed by atoms with Crippen LogP contribution in [0.3, 0.4) is 0 Å². The number of H-pyrrole nitrogens is 2. The molecule has 452 valence electrons. The van der Waals surface area contributed by atoms with Gasteiger partial charge in [-0.05, 0) is 171 Å². The fourth-order valence-electron chi connectivity index (χ4n) is 12.2. The van der Waals surface area contributed by atoms with Crippen LogP contribution in [0.15, 0.2) is 158 Å². The van der Waals surface area contributed by atoms with Crippen LogP contribution < -0.4 is 16.8 Å². The molecule has 0 spiro atoms. The van der Waals surface area contributed by atoms with E-state index in [9.17, 15) is 19.2 Å². The number of allylic oxidation sites excluding steroid dienone is 2. The number of benzene rings is 6. The zero-order valence-corrected chi connectivity index (χ0v) is 50.3. The van der Waals surface area contributed by atoms with Crippen molar-refractivity contribution in [3.63, 3.8) is 0 Å². The van der Waals surface area contributed by atoms with Gasteiger partial charge in [-0.1, -0.05) is 133 Å². The molecule has 6 aromatic carbocycles. The molecule has 3 saturated heterocycles. The molecule has 3 aliphatic heterocycles. The topological polar surface area (TPSA) is 227 Å². The number of nitrogen functional groups attached to an aromatic ring is 1. The molecule has 88 heavy (non-hydrogen) atoms. The molecule has 0 bridgehead atoms. The lowest BCUT2D eigenvalue weighted by atomic mass is 10.0. The number of hydrogen-bond acceptors (Lipinski definition) is 11. The second kappa shape index (κ2) is 26.9. The number of fused-ring (bicyclic) bond motifs is 2. The number of carbonyl (C=O) groups is 4. The average Bonchev–Trinajstić information content (AvgIpc) is 4.16. The summed E-state index contributed by atoms with van der Waals surface area (Å²) in [5.41, 5.74) is 28.4. The van der Waals surface area contributed by atoms with Crippen molar-refractivity contribution in [2.45, 2.75) is 109 Å². The van der Waals surface area contributed by atoms with E-state index in [2.05, 4.69) is 110 Å². The van der Waals surface area contributed by atoms with E-state index in [4.69, 9.17) is 19.9 Å². The highest BCUT2D eigenvalue weighted by Crippen LogP contribution is 2.39. The number of aromatic nitrogens is 4. The number of nitrogens with zero attached hydrogens (tertiary/aromatic N) is 5. The molecule has 13 rings (SSSR count). The number of nitrogens with one attached hydrogen (secondary N) is 3. The minimum Gasteiger partial charge on any atom is -0.445 e. The van der Waals surface area contributed by atoms with Crippen molar-refractivity contribution < 1.29 is 33.4 Å². The number of carbonyl (C=O) groups excluding carboxylic acids is 4. The van der Waals surface area contributed by atoms with E-state index < -0.39 is 17.7 Å². The first-order valence-corrected chi connectivity index (χ1v) is 30.3. The summed E-state index contributed by atoms with van der Waals surface area (Å²) in [6.45, 7) is 7.85. The van der Waals surface area contributed by atoms with Crippen LogP contribution in [0.2, 0.25) is 0 Å². The van der Waals surface area contributed by atoms with E-state index in [0.717, 1.165) is 107 Å². The van der Waals surface area contributed by atoms with Crippen molar-refractivity contribution in [2.75, 3.05) is 37.7 Å². The van der Waals surface area contributed by atoms with Crippen molar-refractivity contribution in [2.24, 2.45) is 5.73 Å². The quantitative estimate of drug-likeness (QED) is 0.0571. The molecule has 5 aliphatic rings. The van der Waals surface area contributed by atoms with Crippen LogP contribution in [-0.4, -0.2) is 97.6 Å². The molecule has 7 N–H and O–H groups in total. The number of hydrogen-bond donors (Lipinski definition) is 5. The zero-order valence-electron chi connectivity index (χ0n) is 50.3. The number of aromatic amines is 2. The third kappa shape index (κ3) is 14.1. The summed E-state index contributed by atoms with van der Waals surface area (Å²) in [7, 11) is 1.50. The van der Waals surface area contributed by atoms with Crippen molar-refractivity contribution in [1.82, 2.24) is 35.1 Å².